The Bertz CT molecular complexity index is 1450. The Morgan fingerprint density at radius 2 is 1.60 bits per heavy atom. The van der Waals surface area contributed by atoms with E-state index >= 15 is 0 Å². The third-order valence-corrected chi connectivity index (χ3v) is 7.66. The molecule has 40 heavy (non-hydrogen) atoms. The van der Waals surface area contributed by atoms with Crippen molar-refractivity contribution in [1.29, 1.82) is 0 Å². The first-order valence-corrected chi connectivity index (χ1v) is 14.4. The van der Waals surface area contributed by atoms with Crippen molar-refractivity contribution in [3.05, 3.63) is 100 Å². The Balaban J connectivity index is 2.08. The van der Waals surface area contributed by atoms with Crippen LogP contribution >= 0.6 is 11.6 Å². The van der Waals surface area contributed by atoms with Crippen LogP contribution in [0.4, 0.5) is 18.9 Å². The van der Waals surface area contributed by atoms with Gasteiger partial charge in [-0.3, -0.25) is 13.9 Å². The number of nitrogens with one attached hydrogen (secondary N) is 1. The van der Waals surface area contributed by atoms with Gasteiger partial charge in [-0.2, -0.15) is 13.2 Å². The number of carbonyl (C=O) groups is 2. The molecule has 0 spiro atoms. The summed E-state index contributed by atoms with van der Waals surface area (Å²) in [7, 11) is -2.87. The van der Waals surface area contributed by atoms with E-state index < -0.39 is 51.9 Å². The number of likely N-dealkylation sites (N-methyl/N-ethyl adjacent to an activating group) is 1. The number of carbonyl (C=O) groups excluding carboxylic acids is 2. The van der Waals surface area contributed by atoms with Crippen LogP contribution < -0.4 is 9.62 Å². The fraction of sp³-hybridized carbons (Fsp3) is 0.286. The predicted octanol–water partition coefficient (Wildman–Crippen LogP) is 4.82. The van der Waals surface area contributed by atoms with E-state index in [4.69, 9.17) is 11.6 Å². The van der Waals surface area contributed by atoms with Crippen molar-refractivity contribution in [2.24, 2.45) is 0 Å². The number of halogens is 4. The number of alkyl halides is 3. The number of amides is 2. The number of nitrogens with zero attached hydrogens (tertiary/aromatic N) is 2. The first-order valence-electron chi connectivity index (χ1n) is 12.2. The Morgan fingerprint density at radius 1 is 0.975 bits per heavy atom. The Morgan fingerprint density at radius 3 is 2.15 bits per heavy atom. The Labute approximate surface area is 236 Å². The predicted molar refractivity (Wildman–Crippen MR) is 148 cm³/mol. The quantitative estimate of drug-likeness (QED) is 0.364. The van der Waals surface area contributed by atoms with Crippen LogP contribution in [0.2, 0.25) is 5.02 Å². The van der Waals surface area contributed by atoms with E-state index in [-0.39, 0.29) is 18.0 Å². The zero-order chi connectivity index (χ0) is 29.7. The van der Waals surface area contributed by atoms with Crippen LogP contribution in [-0.4, -0.2) is 51.0 Å². The van der Waals surface area contributed by atoms with Gasteiger partial charge in [-0.25, -0.2) is 8.42 Å². The van der Waals surface area contributed by atoms with Crippen molar-refractivity contribution in [2.45, 2.75) is 32.1 Å². The highest BCUT2D eigenvalue weighted by atomic mass is 35.5. The molecule has 0 saturated carbocycles. The number of aryl methyl sites for hydroxylation is 1. The van der Waals surface area contributed by atoms with Crippen molar-refractivity contribution in [2.75, 3.05) is 24.2 Å². The summed E-state index contributed by atoms with van der Waals surface area (Å²) in [6.45, 7) is 0.949. The van der Waals surface area contributed by atoms with Gasteiger partial charge in [0, 0.05) is 20.0 Å². The van der Waals surface area contributed by atoms with Gasteiger partial charge in [0.2, 0.25) is 21.8 Å². The van der Waals surface area contributed by atoms with Crippen molar-refractivity contribution >= 4 is 39.1 Å². The number of anilines is 1. The molecule has 0 radical (unpaired) electrons. The average molecular weight is 596 g/mol. The molecule has 214 valence electrons. The Hall–Kier alpha value is -3.57. The summed E-state index contributed by atoms with van der Waals surface area (Å²) in [5.74, 6) is -1.30. The fourth-order valence-corrected chi connectivity index (χ4v) is 5.21. The lowest BCUT2D eigenvalue weighted by atomic mass is 10.0. The summed E-state index contributed by atoms with van der Waals surface area (Å²) in [5.41, 5.74) is 0.762. The van der Waals surface area contributed by atoms with Gasteiger partial charge in [-0.05, 0) is 36.2 Å². The van der Waals surface area contributed by atoms with Gasteiger partial charge in [-0.15, -0.1) is 0 Å². The van der Waals surface area contributed by atoms with E-state index in [2.05, 4.69) is 5.32 Å². The molecule has 3 aromatic rings. The maximum absolute atomic E-state index is 13.9. The second-order valence-corrected chi connectivity index (χ2v) is 11.6. The molecule has 0 saturated heterocycles. The lowest BCUT2D eigenvalue weighted by molar-refractivity contribution is -0.139. The molecule has 3 aromatic carbocycles. The monoisotopic (exact) mass is 595 g/mol. The van der Waals surface area contributed by atoms with E-state index in [0.29, 0.717) is 15.9 Å². The van der Waals surface area contributed by atoms with Gasteiger partial charge >= 0.3 is 6.18 Å². The summed E-state index contributed by atoms with van der Waals surface area (Å²) < 4.78 is 66.4. The second-order valence-electron chi connectivity index (χ2n) is 9.26. The second kappa shape index (κ2) is 12.7. The molecule has 1 unspecified atom stereocenters. The van der Waals surface area contributed by atoms with Crippen LogP contribution in [0.15, 0.2) is 72.8 Å². The summed E-state index contributed by atoms with van der Waals surface area (Å²) >= 11 is 6.13. The van der Waals surface area contributed by atoms with Crippen LogP contribution in [0, 0.1) is 6.92 Å². The standard InChI is InChI=1S/C28H29ClF3N3O4S/c1-19-9-11-21(12-10-19)17-34(25(27(37)33-2)15-20-7-5-4-6-8-20)26(36)18-35(40(3,38)39)24-16-22(28(30,31)32)13-14-23(24)29/h4-14,16,25H,15,17-18H2,1-3H3,(H,33,37). The van der Waals surface area contributed by atoms with Gasteiger partial charge in [0.15, 0.2) is 0 Å². The molecule has 3 rings (SSSR count). The summed E-state index contributed by atoms with van der Waals surface area (Å²) in [5, 5.41) is 2.26. The van der Waals surface area contributed by atoms with E-state index in [1.54, 1.807) is 42.5 Å². The highest BCUT2D eigenvalue weighted by Crippen LogP contribution is 2.36. The molecule has 0 fully saturated rings. The largest absolute Gasteiger partial charge is 0.416 e. The minimum Gasteiger partial charge on any atom is -0.357 e. The van der Waals surface area contributed by atoms with Crippen molar-refractivity contribution in [3.8, 4) is 0 Å². The van der Waals surface area contributed by atoms with Crippen LogP contribution in [0.25, 0.3) is 0 Å². The van der Waals surface area contributed by atoms with Gasteiger partial charge in [0.25, 0.3) is 0 Å². The molecular weight excluding hydrogens is 567 g/mol. The smallest absolute Gasteiger partial charge is 0.357 e. The third kappa shape index (κ3) is 7.98. The van der Waals surface area contributed by atoms with Crippen LogP contribution in [0.5, 0.6) is 0 Å². The van der Waals surface area contributed by atoms with E-state index in [9.17, 15) is 31.2 Å². The normalized spacial score (nSPS) is 12.5. The van der Waals surface area contributed by atoms with Crippen LogP contribution in [0.3, 0.4) is 0 Å². The first-order chi connectivity index (χ1) is 18.7. The lowest BCUT2D eigenvalue weighted by Crippen LogP contribution is -2.52. The highest BCUT2D eigenvalue weighted by Gasteiger charge is 2.35. The molecule has 7 nitrogen and oxygen atoms in total. The first kappa shape index (κ1) is 31.0. The molecule has 12 heteroatoms. The minimum absolute atomic E-state index is 0.0576. The summed E-state index contributed by atoms with van der Waals surface area (Å²) in [6, 6.07) is 17.3. The molecule has 0 heterocycles. The van der Waals surface area contributed by atoms with Crippen molar-refractivity contribution in [1.82, 2.24) is 10.2 Å². The van der Waals surface area contributed by atoms with Gasteiger partial charge < -0.3 is 10.2 Å². The third-order valence-electron chi connectivity index (χ3n) is 6.21. The molecule has 1 N–H and O–H groups in total. The number of benzene rings is 3. The number of rotatable bonds is 10. The van der Waals surface area contributed by atoms with Crippen LogP contribution in [-0.2, 0) is 38.8 Å². The molecule has 2 amide bonds. The minimum atomic E-state index is -4.77. The zero-order valence-corrected chi connectivity index (χ0v) is 23.6. The van der Waals surface area contributed by atoms with Gasteiger partial charge in [0.05, 0.1) is 22.5 Å². The molecule has 0 aliphatic rings. The summed E-state index contributed by atoms with van der Waals surface area (Å²) in [6.07, 6.45) is -3.90. The lowest BCUT2D eigenvalue weighted by Gasteiger charge is -2.33. The van der Waals surface area contributed by atoms with E-state index in [0.717, 1.165) is 29.5 Å². The topological polar surface area (TPSA) is 86.8 Å². The van der Waals surface area contributed by atoms with Gasteiger partial charge in [-0.1, -0.05) is 71.8 Å². The number of sulfonamides is 1. The summed E-state index contributed by atoms with van der Waals surface area (Å²) in [4.78, 5) is 28.2. The SMILES string of the molecule is CNC(=O)C(Cc1ccccc1)N(Cc1ccc(C)cc1)C(=O)CN(c1cc(C(F)(F)F)ccc1Cl)S(C)(=O)=O. The maximum Gasteiger partial charge on any atom is 0.416 e. The maximum atomic E-state index is 13.9. The van der Waals surface area contributed by atoms with Gasteiger partial charge in [0.1, 0.15) is 12.6 Å². The average Bonchev–Trinajstić information content (AvgIpc) is 2.89. The van der Waals surface area contributed by atoms with Crippen molar-refractivity contribution in [3.63, 3.8) is 0 Å². The zero-order valence-electron chi connectivity index (χ0n) is 22.1. The highest BCUT2D eigenvalue weighted by molar-refractivity contribution is 7.92. The number of hydrogen-bond donors (Lipinski definition) is 1. The molecule has 0 aromatic heterocycles. The fourth-order valence-electron chi connectivity index (χ4n) is 4.09. The molecular formula is C28H29ClF3N3O4S. The van der Waals surface area contributed by atoms with E-state index in [1.807, 2.05) is 19.1 Å². The molecule has 0 aliphatic carbocycles. The number of hydrogen-bond acceptors (Lipinski definition) is 4. The van der Waals surface area contributed by atoms with Crippen molar-refractivity contribution < 1.29 is 31.2 Å². The van der Waals surface area contributed by atoms with Crippen LogP contribution in [0.1, 0.15) is 22.3 Å². The molecule has 1 atom stereocenters. The molecule has 0 bridgehead atoms. The Kier molecular flexibility index (Phi) is 9.86. The molecule has 0 aliphatic heterocycles. The van der Waals surface area contributed by atoms with E-state index in [1.165, 1.54) is 11.9 Å².